The number of imidazole rings is 1. The van der Waals surface area contributed by atoms with E-state index in [4.69, 9.17) is 14.5 Å². The van der Waals surface area contributed by atoms with Gasteiger partial charge in [0.15, 0.2) is 11.5 Å². The number of rotatable bonds is 4. The van der Waals surface area contributed by atoms with E-state index < -0.39 is 0 Å². The molecule has 0 N–H and O–H groups in total. The van der Waals surface area contributed by atoms with Gasteiger partial charge in [0.1, 0.15) is 11.5 Å². The predicted octanol–water partition coefficient (Wildman–Crippen LogP) is 3.15. The van der Waals surface area contributed by atoms with Crippen molar-refractivity contribution in [2.75, 3.05) is 51.5 Å². The van der Waals surface area contributed by atoms with Crippen LogP contribution < -0.4 is 14.4 Å². The molecule has 0 spiro atoms. The highest BCUT2D eigenvalue weighted by Crippen LogP contribution is 2.33. The molecule has 0 radical (unpaired) electrons. The van der Waals surface area contributed by atoms with Crippen molar-refractivity contribution in [1.29, 1.82) is 0 Å². The van der Waals surface area contributed by atoms with Gasteiger partial charge in [0.05, 0.1) is 11.7 Å². The van der Waals surface area contributed by atoms with Crippen LogP contribution in [0, 0.1) is 0 Å². The summed E-state index contributed by atoms with van der Waals surface area (Å²) >= 11 is 0. The number of anilines is 1. The number of benzene rings is 1. The van der Waals surface area contributed by atoms with E-state index in [2.05, 4.69) is 62.7 Å². The van der Waals surface area contributed by atoms with Gasteiger partial charge in [-0.05, 0) is 49.7 Å². The Balaban J connectivity index is 1.24. The summed E-state index contributed by atoms with van der Waals surface area (Å²) in [7, 11) is 2.22. The maximum atomic E-state index is 5.56. The lowest BCUT2D eigenvalue weighted by molar-refractivity contribution is 0.0885. The van der Waals surface area contributed by atoms with Crippen LogP contribution in [0.3, 0.4) is 0 Å². The van der Waals surface area contributed by atoms with Crippen LogP contribution in [0.4, 0.5) is 5.82 Å². The standard InChI is InChI=1S/C24H29N5O2/c1-26-11-12-27(14-18-7-8-21-22(13-18)31-17-30-21)16-20(26)19-15-29-23(25-19)5-4-6-24(29)28-9-2-3-10-28/h4-8,13,15,20H,2-3,9-12,14,16-17H2,1H3/t20-/m0/s1. The number of aromatic nitrogens is 2. The summed E-state index contributed by atoms with van der Waals surface area (Å²) in [6.45, 7) is 6.55. The summed E-state index contributed by atoms with van der Waals surface area (Å²) < 4.78 is 13.3. The van der Waals surface area contributed by atoms with Crippen molar-refractivity contribution in [1.82, 2.24) is 19.2 Å². The Labute approximate surface area is 182 Å². The van der Waals surface area contributed by atoms with Crippen LogP contribution >= 0.6 is 0 Å². The van der Waals surface area contributed by atoms with Crippen molar-refractivity contribution >= 4 is 11.5 Å². The van der Waals surface area contributed by atoms with Crippen molar-refractivity contribution in [2.45, 2.75) is 25.4 Å². The number of hydrogen-bond acceptors (Lipinski definition) is 6. The summed E-state index contributed by atoms with van der Waals surface area (Å²) in [5.41, 5.74) is 3.46. The normalized spacial score (nSPS) is 22.0. The molecule has 1 atom stereocenters. The Bertz CT molecular complexity index is 1090. The van der Waals surface area contributed by atoms with E-state index in [1.807, 2.05) is 6.07 Å². The smallest absolute Gasteiger partial charge is 0.231 e. The number of pyridine rings is 1. The highest BCUT2D eigenvalue weighted by atomic mass is 16.7. The van der Waals surface area contributed by atoms with Crippen LogP contribution in [0.5, 0.6) is 11.5 Å². The summed E-state index contributed by atoms with van der Waals surface area (Å²) in [6.07, 6.45) is 4.81. The molecule has 31 heavy (non-hydrogen) atoms. The summed E-state index contributed by atoms with van der Waals surface area (Å²) in [6, 6.07) is 13.0. The van der Waals surface area contributed by atoms with Gasteiger partial charge < -0.3 is 14.4 Å². The Morgan fingerprint density at radius 1 is 1.00 bits per heavy atom. The second-order valence-electron chi connectivity index (χ2n) is 8.89. The zero-order valence-electron chi connectivity index (χ0n) is 18.0. The molecule has 2 fully saturated rings. The van der Waals surface area contributed by atoms with Gasteiger partial charge in [-0.15, -0.1) is 0 Å². The molecule has 2 aromatic heterocycles. The zero-order chi connectivity index (χ0) is 20.8. The molecule has 162 valence electrons. The third-order valence-electron chi connectivity index (χ3n) is 6.84. The van der Waals surface area contributed by atoms with Gasteiger partial charge >= 0.3 is 0 Å². The first-order valence-corrected chi connectivity index (χ1v) is 11.3. The molecule has 3 aliphatic rings. The molecule has 2 saturated heterocycles. The fourth-order valence-electron chi connectivity index (χ4n) is 5.07. The van der Waals surface area contributed by atoms with Gasteiger partial charge in [-0.2, -0.15) is 0 Å². The van der Waals surface area contributed by atoms with Gasteiger partial charge in [-0.25, -0.2) is 4.98 Å². The van der Waals surface area contributed by atoms with Crippen LogP contribution in [-0.4, -0.2) is 65.7 Å². The summed E-state index contributed by atoms with van der Waals surface area (Å²) in [5, 5.41) is 0. The SMILES string of the molecule is CN1CCN(Cc2ccc3c(c2)OCO3)C[C@H]1c1cn2c(N3CCCC3)cccc2n1. The summed E-state index contributed by atoms with van der Waals surface area (Å²) in [5.74, 6) is 2.97. The van der Waals surface area contributed by atoms with E-state index in [9.17, 15) is 0 Å². The number of hydrogen-bond donors (Lipinski definition) is 0. The maximum Gasteiger partial charge on any atom is 0.231 e. The molecule has 0 unspecified atom stereocenters. The van der Waals surface area contributed by atoms with Crippen molar-refractivity contribution in [2.24, 2.45) is 0 Å². The highest BCUT2D eigenvalue weighted by molar-refractivity contribution is 5.53. The molecule has 0 saturated carbocycles. The zero-order valence-corrected chi connectivity index (χ0v) is 18.0. The Morgan fingerprint density at radius 2 is 1.87 bits per heavy atom. The van der Waals surface area contributed by atoms with E-state index in [1.165, 1.54) is 24.2 Å². The van der Waals surface area contributed by atoms with Crippen LogP contribution in [0.1, 0.15) is 30.1 Å². The van der Waals surface area contributed by atoms with E-state index in [1.54, 1.807) is 0 Å². The monoisotopic (exact) mass is 419 g/mol. The minimum absolute atomic E-state index is 0.286. The molecule has 0 aliphatic carbocycles. The quantitative estimate of drug-likeness (QED) is 0.647. The molecule has 5 heterocycles. The topological polar surface area (TPSA) is 45.5 Å². The molecule has 0 bridgehead atoms. The number of nitrogens with zero attached hydrogens (tertiary/aromatic N) is 5. The largest absolute Gasteiger partial charge is 0.454 e. The summed E-state index contributed by atoms with van der Waals surface area (Å²) in [4.78, 5) is 12.5. The molecule has 3 aliphatic heterocycles. The Morgan fingerprint density at radius 3 is 2.77 bits per heavy atom. The van der Waals surface area contributed by atoms with Crippen molar-refractivity contribution < 1.29 is 9.47 Å². The molecule has 1 aromatic carbocycles. The molecule has 0 amide bonds. The average molecular weight is 420 g/mol. The third kappa shape index (κ3) is 3.51. The fraction of sp³-hybridized carbons (Fsp3) is 0.458. The van der Waals surface area contributed by atoms with E-state index in [0.29, 0.717) is 6.79 Å². The first-order valence-electron chi connectivity index (χ1n) is 11.3. The van der Waals surface area contributed by atoms with Crippen LogP contribution in [0.15, 0.2) is 42.6 Å². The minimum Gasteiger partial charge on any atom is -0.454 e. The van der Waals surface area contributed by atoms with Crippen molar-refractivity contribution in [3.8, 4) is 11.5 Å². The molecule has 6 rings (SSSR count). The minimum atomic E-state index is 0.286. The highest BCUT2D eigenvalue weighted by Gasteiger charge is 2.28. The Kier molecular flexibility index (Phi) is 4.73. The fourth-order valence-corrected chi connectivity index (χ4v) is 5.07. The molecule has 7 nitrogen and oxygen atoms in total. The lowest BCUT2D eigenvalue weighted by Gasteiger charge is -2.38. The number of piperazine rings is 1. The number of ether oxygens (including phenoxy) is 2. The van der Waals surface area contributed by atoms with Crippen LogP contribution in [0.2, 0.25) is 0 Å². The second-order valence-corrected chi connectivity index (χ2v) is 8.89. The predicted molar refractivity (Wildman–Crippen MR) is 120 cm³/mol. The van der Waals surface area contributed by atoms with E-state index in [-0.39, 0.29) is 6.04 Å². The number of fused-ring (bicyclic) bond motifs is 2. The Hall–Kier alpha value is -2.77. The first kappa shape index (κ1) is 19.0. The first-order chi connectivity index (χ1) is 15.2. The van der Waals surface area contributed by atoms with Crippen LogP contribution in [-0.2, 0) is 6.54 Å². The van der Waals surface area contributed by atoms with Gasteiger partial charge in [-0.3, -0.25) is 14.2 Å². The molecular weight excluding hydrogens is 390 g/mol. The molecule has 3 aromatic rings. The van der Waals surface area contributed by atoms with Crippen molar-refractivity contribution in [3.05, 3.63) is 53.9 Å². The second kappa shape index (κ2) is 7.73. The lowest BCUT2D eigenvalue weighted by atomic mass is 10.1. The number of likely N-dealkylation sites (N-methyl/N-ethyl adjacent to an activating group) is 1. The molecule has 7 heteroatoms. The van der Waals surface area contributed by atoms with Gasteiger partial charge in [0.25, 0.3) is 0 Å². The van der Waals surface area contributed by atoms with Gasteiger partial charge in [0.2, 0.25) is 6.79 Å². The van der Waals surface area contributed by atoms with E-state index in [0.717, 1.165) is 62.1 Å². The van der Waals surface area contributed by atoms with Crippen molar-refractivity contribution in [3.63, 3.8) is 0 Å². The molecular formula is C24H29N5O2. The third-order valence-corrected chi connectivity index (χ3v) is 6.84. The van der Waals surface area contributed by atoms with Gasteiger partial charge in [0, 0.05) is 45.5 Å². The lowest BCUT2D eigenvalue weighted by Crippen LogP contribution is -2.46. The van der Waals surface area contributed by atoms with E-state index >= 15 is 0 Å². The van der Waals surface area contributed by atoms with Crippen LogP contribution in [0.25, 0.3) is 5.65 Å². The van der Waals surface area contributed by atoms with Gasteiger partial charge in [-0.1, -0.05) is 12.1 Å². The maximum absolute atomic E-state index is 5.56. The average Bonchev–Trinajstić information content (AvgIpc) is 3.54.